The van der Waals surface area contributed by atoms with E-state index in [2.05, 4.69) is 20.7 Å². The summed E-state index contributed by atoms with van der Waals surface area (Å²) < 4.78 is 12.1. The number of hydrogen-bond donors (Lipinski definition) is 2. The first-order chi connectivity index (χ1) is 14.6. The fourth-order valence-corrected chi connectivity index (χ4v) is 3.32. The lowest BCUT2D eigenvalue weighted by Crippen LogP contribution is -2.49. The van der Waals surface area contributed by atoms with Crippen molar-refractivity contribution in [3.63, 3.8) is 0 Å². The largest absolute Gasteiger partial charge is 0.497 e. The van der Waals surface area contributed by atoms with Gasteiger partial charge in [0.2, 0.25) is 0 Å². The number of ether oxygens (including phenoxy) is 2. The number of aliphatic imine (C=N–C) groups is 1. The Morgan fingerprint density at radius 2 is 1.97 bits per heavy atom. The topological polar surface area (TPSA) is 93.0 Å². The lowest BCUT2D eigenvalue weighted by atomic mass is 10.1. The molecule has 9 heteroatoms. The average molecular weight is 415 g/mol. The summed E-state index contributed by atoms with van der Waals surface area (Å²) in [4.78, 5) is 17.9. The van der Waals surface area contributed by atoms with Gasteiger partial charge in [0.15, 0.2) is 5.96 Å². The van der Waals surface area contributed by atoms with E-state index in [0.717, 1.165) is 35.9 Å². The molecule has 1 fully saturated rings. The molecule has 0 spiro atoms. The highest BCUT2D eigenvalue weighted by atomic mass is 16.6. The molecule has 2 aromatic rings. The second-order valence-corrected chi connectivity index (χ2v) is 6.98. The van der Waals surface area contributed by atoms with Crippen LogP contribution in [0.15, 0.2) is 41.5 Å². The van der Waals surface area contributed by atoms with Gasteiger partial charge in [0.1, 0.15) is 5.75 Å². The monoisotopic (exact) mass is 414 g/mol. The van der Waals surface area contributed by atoms with Gasteiger partial charge < -0.3 is 25.0 Å². The van der Waals surface area contributed by atoms with Crippen LogP contribution in [0.3, 0.4) is 0 Å². The second-order valence-electron chi connectivity index (χ2n) is 6.98. The molecular weight excluding hydrogens is 384 g/mol. The van der Waals surface area contributed by atoms with Gasteiger partial charge in [-0.3, -0.25) is 4.99 Å². The Labute approximate surface area is 177 Å². The lowest BCUT2D eigenvalue weighted by molar-refractivity contribution is 0.0963. The lowest BCUT2D eigenvalue weighted by Gasteiger charge is -2.32. The van der Waals surface area contributed by atoms with Gasteiger partial charge in [0.05, 0.1) is 31.6 Å². The summed E-state index contributed by atoms with van der Waals surface area (Å²) in [5.74, 6) is 1.54. The van der Waals surface area contributed by atoms with Crippen molar-refractivity contribution < 1.29 is 14.3 Å². The molecule has 9 nitrogen and oxygen atoms in total. The van der Waals surface area contributed by atoms with Crippen LogP contribution in [0.25, 0.3) is 5.69 Å². The highest BCUT2D eigenvalue weighted by Gasteiger charge is 2.24. The van der Waals surface area contributed by atoms with Gasteiger partial charge in [-0.2, -0.15) is 5.10 Å². The number of nitrogens with one attached hydrogen (secondary N) is 2. The number of piperidine rings is 1. The van der Waals surface area contributed by atoms with E-state index in [1.165, 1.54) is 0 Å². The summed E-state index contributed by atoms with van der Waals surface area (Å²) in [5, 5.41) is 11.3. The normalized spacial score (nSPS) is 15.0. The number of benzene rings is 1. The van der Waals surface area contributed by atoms with Crippen molar-refractivity contribution in [3.8, 4) is 11.4 Å². The minimum absolute atomic E-state index is 0.231. The van der Waals surface area contributed by atoms with Crippen LogP contribution >= 0.6 is 0 Å². The molecule has 0 radical (unpaired) electrons. The van der Waals surface area contributed by atoms with Crippen LogP contribution in [0.2, 0.25) is 0 Å². The fourth-order valence-electron chi connectivity index (χ4n) is 3.32. The van der Waals surface area contributed by atoms with Gasteiger partial charge in [0, 0.05) is 32.4 Å². The van der Waals surface area contributed by atoms with E-state index >= 15 is 0 Å². The maximum absolute atomic E-state index is 11.8. The third-order valence-electron chi connectivity index (χ3n) is 5.00. The van der Waals surface area contributed by atoms with Crippen molar-refractivity contribution in [2.75, 3.05) is 33.9 Å². The van der Waals surface area contributed by atoms with Crippen LogP contribution in [-0.4, -0.2) is 66.6 Å². The number of aromatic nitrogens is 2. The summed E-state index contributed by atoms with van der Waals surface area (Å²) in [6, 6.07) is 9.99. The second kappa shape index (κ2) is 10.5. The molecule has 0 unspecified atom stereocenters. The summed E-state index contributed by atoms with van der Waals surface area (Å²) in [6.07, 6.45) is 3.41. The third kappa shape index (κ3) is 5.65. The number of rotatable bonds is 6. The molecule has 30 heavy (non-hydrogen) atoms. The van der Waals surface area contributed by atoms with Crippen LogP contribution in [-0.2, 0) is 11.3 Å². The molecule has 2 heterocycles. The number of likely N-dealkylation sites (tertiary alicyclic amines) is 1. The first kappa shape index (κ1) is 21.5. The minimum Gasteiger partial charge on any atom is -0.497 e. The zero-order valence-electron chi connectivity index (χ0n) is 17.8. The molecule has 1 aromatic heterocycles. The molecule has 0 atom stereocenters. The quantitative estimate of drug-likeness (QED) is 0.556. The summed E-state index contributed by atoms with van der Waals surface area (Å²) in [6.45, 7) is 4.15. The molecular formula is C21H30N6O3. The van der Waals surface area contributed by atoms with Crippen LogP contribution in [0, 0.1) is 0 Å². The highest BCUT2D eigenvalue weighted by Crippen LogP contribution is 2.15. The van der Waals surface area contributed by atoms with Crippen molar-refractivity contribution >= 4 is 12.1 Å². The standard InChI is InChI=1S/C21H30N6O3/c1-4-30-21(28)26-12-9-16(10-13-26)24-20(22-2)23-15-17-11-14-27(25-17)18-5-7-19(29-3)8-6-18/h5-8,11,14,16H,4,9-10,12-13,15H2,1-3H3,(H2,22,23,24). The van der Waals surface area contributed by atoms with Gasteiger partial charge in [-0.15, -0.1) is 0 Å². The molecule has 162 valence electrons. The van der Waals surface area contributed by atoms with Gasteiger partial charge in [0.25, 0.3) is 0 Å². The van der Waals surface area contributed by atoms with Crippen LogP contribution in [0.1, 0.15) is 25.5 Å². The van der Waals surface area contributed by atoms with E-state index < -0.39 is 0 Å². The van der Waals surface area contributed by atoms with Crippen molar-refractivity contribution in [1.29, 1.82) is 0 Å². The van der Waals surface area contributed by atoms with Crippen molar-refractivity contribution in [2.45, 2.75) is 32.4 Å². The van der Waals surface area contributed by atoms with E-state index in [9.17, 15) is 4.79 Å². The maximum atomic E-state index is 11.8. The summed E-state index contributed by atoms with van der Waals surface area (Å²) in [7, 11) is 3.40. The van der Waals surface area contributed by atoms with Crippen molar-refractivity contribution in [3.05, 3.63) is 42.2 Å². The van der Waals surface area contributed by atoms with E-state index in [1.54, 1.807) is 19.1 Å². The Balaban J connectivity index is 1.47. The van der Waals surface area contributed by atoms with Gasteiger partial charge >= 0.3 is 6.09 Å². The van der Waals surface area contributed by atoms with E-state index in [0.29, 0.717) is 26.2 Å². The molecule has 0 bridgehead atoms. The summed E-state index contributed by atoms with van der Waals surface area (Å²) in [5.41, 5.74) is 1.88. The Morgan fingerprint density at radius 3 is 2.60 bits per heavy atom. The maximum Gasteiger partial charge on any atom is 0.409 e. The summed E-state index contributed by atoms with van der Waals surface area (Å²) >= 11 is 0. The Bertz CT molecular complexity index is 841. The minimum atomic E-state index is -0.231. The Hall–Kier alpha value is -3.23. The number of guanidine groups is 1. The van der Waals surface area contributed by atoms with Crippen molar-refractivity contribution in [2.24, 2.45) is 4.99 Å². The number of amides is 1. The van der Waals surface area contributed by atoms with Crippen LogP contribution in [0.4, 0.5) is 4.79 Å². The molecule has 1 saturated heterocycles. The van der Waals surface area contributed by atoms with Crippen LogP contribution in [0.5, 0.6) is 5.75 Å². The van der Waals surface area contributed by atoms with E-state index in [1.807, 2.05) is 48.1 Å². The first-order valence-corrected chi connectivity index (χ1v) is 10.2. The zero-order valence-corrected chi connectivity index (χ0v) is 17.8. The number of carbonyl (C=O) groups is 1. The zero-order chi connectivity index (χ0) is 21.3. The van der Waals surface area contributed by atoms with Crippen molar-refractivity contribution in [1.82, 2.24) is 25.3 Å². The molecule has 1 aliphatic rings. The van der Waals surface area contributed by atoms with Gasteiger partial charge in [-0.25, -0.2) is 9.48 Å². The van der Waals surface area contributed by atoms with E-state index in [-0.39, 0.29) is 12.1 Å². The predicted molar refractivity (Wildman–Crippen MR) is 115 cm³/mol. The highest BCUT2D eigenvalue weighted by molar-refractivity contribution is 5.80. The van der Waals surface area contributed by atoms with Crippen LogP contribution < -0.4 is 15.4 Å². The molecule has 1 amide bonds. The smallest absolute Gasteiger partial charge is 0.409 e. The molecule has 1 aliphatic heterocycles. The first-order valence-electron chi connectivity index (χ1n) is 10.2. The van der Waals surface area contributed by atoms with Gasteiger partial charge in [-0.1, -0.05) is 0 Å². The number of carbonyl (C=O) groups excluding carboxylic acids is 1. The van der Waals surface area contributed by atoms with Gasteiger partial charge in [-0.05, 0) is 50.1 Å². The Morgan fingerprint density at radius 1 is 1.23 bits per heavy atom. The fraction of sp³-hybridized carbons (Fsp3) is 0.476. The molecule has 0 aliphatic carbocycles. The predicted octanol–water partition coefficient (Wildman–Crippen LogP) is 2.17. The number of nitrogens with zero attached hydrogens (tertiary/aromatic N) is 4. The SMILES string of the molecule is CCOC(=O)N1CCC(NC(=NC)NCc2ccn(-c3ccc(OC)cc3)n2)CC1. The molecule has 0 saturated carbocycles. The number of methoxy groups -OCH3 is 1. The average Bonchev–Trinajstić information content (AvgIpc) is 3.26. The van der Waals surface area contributed by atoms with E-state index in [4.69, 9.17) is 9.47 Å². The molecule has 1 aromatic carbocycles. The third-order valence-corrected chi connectivity index (χ3v) is 5.00. The molecule has 3 rings (SSSR count). The Kier molecular flexibility index (Phi) is 7.53. The number of hydrogen-bond acceptors (Lipinski definition) is 5. The molecule has 2 N–H and O–H groups in total.